The maximum Gasteiger partial charge on any atom is 0.435 e. The molecule has 30 heavy (non-hydrogen) atoms. The van der Waals surface area contributed by atoms with Crippen molar-refractivity contribution in [3.05, 3.63) is 64.9 Å². The van der Waals surface area contributed by atoms with Crippen molar-refractivity contribution in [1.29, 1.82) is 5.26 Å². The van der Waals surface area contributed by atoms with Crippen LogP contribution in [0.2, 0.25) is 0 Å². The Kier molecular flexibility index (Phi) is 5.16. The number of alkyl halides is 3. The van der Waals surface area contributed by atoms with Crippen LogP contribution in [0.3, 0.4) is 0 Å². The first kappa shape index (κ1) is 21.4. The van der Waals surface area contributed by atoms with E-state index in [1.807, 2.05) is 6.07 Å². The Morgan fingerprint density at radius 3 is 2.13 bits per heavy atom. The average molecular weight is 441 g/mol. The zero-order chi connectivity index (χ0) is 22.4. The highest BCUT2D eigenvalue weighted by Crippen LogP contribution is 2.35. The van der Waals surface area contributed by atoms with Gasteiger partial charge in [-0.15, -0.1) is 0 Å². The van der Waals surface area contributed by atoms with Gasteiger partial charge in [-0.25, -0.2) is 21.9 Å². The minimum atomic E-state index is -4.84. The number of aromatic nitrogens is 2. The molecule has 0 saturated heterocycles. The summed E-state index contributed by atoms with van der Waals surface area (Å²) in [5, 5.41) is 12.5. The fourth-order valence-electron chi connectivity index (χ4n) is 2.89. The molecule has 156 valence electrons. The van der Waals surface area contributed by atoms with Gasteiger partial charge >= 0.3 is 6.18 Å². The molecule has 3 rings (SSSR count). The van der Waals surface area contributed by atoms with E-state index in [4.69, 9.17) is 5.26 Å². The standard InChI is InChI=1S/C19H12F5N3O2S/c1-10-5-13(4-3-11(10)9-25)27-16(8-17(26-27)19(22,23)24)12-6-14(20)18(15(21)7-12)30(2,28)29/h3-8H,1-2H3. The van der Waals surface area contributed by atoms with Crippen LogP contribution in [0.1, 0.15) is 16.8 Å². The van der Waals surface area contributed by atoms with Gasteiger partial charge in [-0.1, -0.05) is 0 Å². The fraction of sp³-hybridized carbons (Fsp3) is 0.158. The lowest BCUT2D eigenvalue weighted by Crippen LogP contribution is -2.08. The average Bonchev–Trinajstić information content (AvgIpc) is 3.05. The van der Waals surface area contributed by atoms with Crippen molar-refractivity contribution in [2.45, 2.75) is 18.0 Å². The summed E-state index contributed by atoms with van der Waals surface area (Å²) >= 11 is 0. The molecule has 0 radical (unpaired) electrons. The molecule has 0 N–H and O–H groups in total. The largest absolute Gasteiger partial charge is 0.435 e. The molecular formula is C19H12F5N3O2S. The third-order valence-corrected chi connectivity index (χ3v) is 5.37. The summed E-state index contributed by atoms with van der Waals surface area (Å²) in [6.45, 7) is 1.57. The fourth-order valence-corrected chi connectivity index (χ4v) is 3.72. The molecule has 0 amide bonds. The van der Waals surface area contributed by atoms with E-state index < -0.39 is 38.2 Å². The Balaban J connectivity index is 2.29. The van der Waals surface area contributed by atoms with Crippen LogP contribution in [-0.2, 0) is 16.0 Å². The molecule has 5 nitrogen and oxygen atoms in total. The third kappa shape index (κ3) is 3.91. The van der Waals surface area contributed by atoms with Crippen LogP contribution >= 0.6 is 0 Å². The summed E-state index contributed by atoms with van der Waals surface area (Å²) in [5.41, 5.74) is -1.11. The smallest absolute Gasteiger partial charge is 0.232 e. The first-order valence-corrected chi connectivity index (χ1v) is 10.1. The van der Waals surface area contributed by atoms with Gasteiger partial charge < -0.3 is 0 Å². The van der Waals surface area contributed by atoms with E-state index in [-0.39, 0.29) is 22.5 Å². The van der Waals surface area contributed by atoms with E-state index in [1.54, 1.807) is 6.92 Å². The minimum absolute atomic E-state index is 0.116. The van der Waals surface area contributed by atoms with E-state index in [1.165, 1.54) is 18.2 Å². The number of halogens is 5. The molecule has 2 aromatic carbocycles. The Labute approximate surface area is 167 Å². The van der Waals surface area contributed by atoms with E-state index in [2.05, 4.69) is 5.10 Å². The summed E-state index contributed by atoms with van der Waals surface area (Å²) in [7, 11) is -4.24. The topological polar surface area (TPSA) is 75.8 Å². The van der Waals surface area contributed by atoms with Crippen molar-refractivity contribution >= 4 is 9.84 Å². The molecule has 0 bridgehead atoms. The first-order chi connectivity index (χ1) is 13.8. The monoisotopic (exact) mass is 441 g/mol. The number of nitriles is 1. The van der Waals surface area contributed by atoms with Crippen LogP contribution in [0.4, 0.5) is 22.0 Å². The van der Waals surface area contributed by atoms with Gasteiger partial charge in [0, 0.05) is 11.8 Å². The number of nitrogens with zero attached hydrogens (tertiary/aromatic N) is 3. The van der Waals surface area contributed by atoms with Crippen molar-refractivity contribution in [2.75, 3.05) is 6.26 Å². The highest BCUT2D eigenvalue weighted by atomic mass is 32.2. The normalized spacial score (nSPS) is 12.1. The molecule has 0 aliphatic carbocycles. The highest BCUT2D eigenvalue weighted by molar-refractivity contribution is 7.90. The van der Waals surface area contributed by atoms with E-state index in [9.17, 15) is 30.4 Å². The van der Waals surface area contributed by atoms with Crippen LogP contribution < -0.4 is 0 Å². The van der Waals surface area contributed by atoms with Crippen molar-refractivity contribution in [3.8, 4) is 23.0 Å². The molecule has 0 unspecified atom stereocenters. The van der Waals surface area contributed by atoms with Gasteiger partial charge in [-0.2, -0.15) is 23.5 Å². The molecule has 11 heteroatoms. The molecule has 0 aliphatic heterocycles. The van der Waals surface area contributed by atoms with Gasteiger partial charge in [0.15, 0.2) is 15.5 Å². The maximum atomic E-state index is 14.3. The molecule has 0 fully saturated rings. The minimum Gasteiger partial charge on any atom is -0.232 e. The molecule has 0 atom stereocenters. The Morgan fingerprint density at radius 1 is 1.07 bits per heavy atom. The number of hydrogen-bond donors (Lipinski definition) is 0. The second-order valence-corrected chi connectivity index (χ2v) is 8.43. The lowest BCUT2D eigenvalue weighted by molar-refractivity contribution is -0.141. The predicted octanol–water partition coefficient (Wildman–Crippen LogP) is 4.42. The van der Waals surface area contributed by atoms with E-state index >= 15 is 0 Å². The lowest BCUT2D eigenvalue weighted by Gasteiger charge is -2.11. The molecule has 1 aromatic heterocycles. The first-order valence-electron chi connectivity index (χ1n) is 8.21. The van der Waals surface area contributed by atoms with Crippen LogP contribution in [-0.4, -0.2) is 24.5 Å². The van der Waals surface area contributed by atoms with Crippen LogP contribution in [0.25, 0.3) is 16.9 Å². The van der Waals surface area contributed by atoms with Crippen LogP contribution in [0.15, 0.2) is 41.3 Å². The van der Waals surface area contributed by atoms with Gasteiger partial charge in [0.05, 0.1) is 23.0 Å². The van der Waals surface area contributed by atoms with Crippen LogP contribution in [0.5, 0.6) is 0 Å². The number of aryl methyl sites for hydroxylation is 1. The quantitative estimate of drug-likeness (QED) is 0.564. The van der Waals surface area contributed by atoms with Gasteiger partial charge in [0.25, 0.3) is 0 Å². The van der Waals surface area contributed by atoms with Gasteiger partial charge in [0.2, 0.25) is 0 Å². The van der Waals surface area contributed by atoms with Crippen molar-refractivity contribution in [1.82, 2.24) is 9.78 Å². The van der Waals surface area contributed by atoms with Crippen molar-refractivity contribution in [3.63, 3.8) is 0 Å². The second kappa shape index (κ2) is 7.21. The number of rotatable bonds is 3. The number of benzene rings is 2. The number of hydrogen-bond acceptors (Lipinski definition) is 4. The predicted molar refractivity (Wildman–Crippen MR) is 96.5 cm³/mol. The molecule has 0 aliphatic rings. The molecule has 0 spiro atoms. The van der Waals surface area contributed by atoms with Crippen LogP contribution in [0, 0.1) is 29.9 Å². The zero-order valence-electron chi connectivity index (χ0n) is 15.4. The summed E-state index contributed by atoms with van der Waals surface area (Å²) in [4.78, 5) is -1.18. The summed E-state index contributed by atoms with van der Waals surface area (Å²) in [5.74, 6) is -2.88. The maximum absolute atomic E-state index is 14.3. The molecule has 1 heterocycles. The van der Waals surface area contributed by atoms with Crippen molar-refractivity contribution in [2.24, 2.45) is 0 Å². The van der Waals surface area contributed by atoms with Gasteiger partial charge in [0.1, 0.15) is 16.5 Å². The Bertz CT molecular complexity index is 1280. The SMILES string of the molecule is Cc1cc(-n2nc(C(F)(F)F)cc2-c2cc(F)c(S(C)(=O)=O)c(F)c2)ccc1C#N. The molecule has 0 saturated carbocycles. The summed E-state index contributed by atoms with van der Waals surface area (Å²) in [6, 6.07) is 7.88. The van der Waals surface area contributed by atoms with Crippen molar-refractivity contribution < 1.29 is 30.4 Å². The highest BCUT2D eigenvalue weighted by Gasteiger charge is 2.35. The third-order valence-electron chi connectivity index (χ3n) is 4.24. The second-order valence-electron chi connectivity index (χ2n) is 6.48. The number of sulfone groups is 1. The Hall–Kier alpha value is -3.26. The van der Waals surface area contributed by atoms with Gasteiger partial charge in [-0.05, 0) is 48.9 Å². The summed E-state index contributed by atoms with van der Waals surface area (Å²) < 4.78 is 92.3. The molecular weight excluding hydrogens is 429 g/mol. The molecule has 3 aromatic rings. The van der Waals surface area contributed by atoms with Gasteiger partial charge in [-0.3, -0.25) is 0 Å². The zero-order valence-corrected chi connectivity index (χ0v) is 16.2. The summed E-state index contributed by atoms with van der Waals surface area (Å²) in [6.07, 6.45) is -4.23. The van der Waals surface area contributed by atoms with E-state index in [0.29, 0.717) is 30.0 Å². The van der Waals surface area contributed by atoms with E-state index in [0.717, 1.165) is 4.68 Å². The Morgan fingerprint density at radius 2 is 1.67 bits per heavy atom. The lowest BCUT2D eigenvalue weighted by atomic mass is 10.1.